The maximum absolute atomic E-state index is 14.6. The van der Waals surface area contributed by atoms with E-state index in [1.807, 2.05) is 0 Å². The molecule has 1 atom stereocenters. The molecule has 2 heterocycles. The number of nitrogens with one attached hydrogen (secondary N) is 2. The molecule has 9 heteroatoms. The molecule has 2 aromatic rings. The number of halogens is 2. The fourth-order valence-electron chi connectivity index (χ4n) is 3.78. The molecule has 1 aromatic carbocycles. The number of anilines is 1. The highest BCUT2D eigenvalue weighted by atomic mass is 19.1. The smallest absolute Gasteiger partial charge is 0.263 e. The number of rotatable bonds is 8. The van der Waals surface area contributed by atoms with Crippen molar-refractivity contribution in [2.24, 2.45) is 13.0 Å². The van der Waals surface area contributed by atoms with Crippen molar-refractivity contribution in [2.45, 2.75) is 13.3 Å². The van der Waals surface area contributed by atoms with Gasteiger partial charge in [-0.1, -0.05) is 12.6 Å². The molecule has 34 heavy (non-hydrogen) atoms. The lowest BCUT2D eigenvalue weighted by atomic mass is 10.00. The maximum atomic E-state index is 14.6. The zero-order chi connectivity index (χ0) is 24.8. The van der Waals surface area contributed by atoms with Crippen molar-refractivity contribution in [3.63, 3.8) is 0 Å². The van der Waals surface area contributed by atoms with Gasteiger partial charge in [0, 0.05) is 13.6 Å². The highest BCUT2D eigenvalue weighted by Gasteiger charge is 2.21. The monoisotopic (exact) mass is 467 g/mol. The van der Waals surface area contributed by atoms with Crippen LogP contribution < -0.4 is 20.9 Å². The van der Waals surface area contributed by atoms with Crippen LogP contribution in [0, 0.1) is 23.1 Å². The Morgan fingerprint density at radius 1 is 1.50 bits per heavy atom. The van der Waals surface area contributed by atoms with Crippen LogP contribution in [-0.2, 0) is 7.05 Å². The van der Waals surface area contributed by atoms with E-state index in [2.05, 4.69) is 22.2 Å². The van der Waals surface area contributed by atoms with Crippen LogP contribution in [0.4, 0.5) is 14.7 Å². The third-order valence-corrected chi connectivity index (χ3v) is 5.74. The first kappa shape index (κ1) is 24.9. The van der Waals surface area contributed by atoms with Gasteiger partial charge in [-0.15, -0.1) is 0 Å². The average molecular weight is 468 g/mol. The van der Waals surface area contributed by atoms with Crippen LogP contribution in [-0.4, -0.2) is 36.3 Å². The summed E-state index contributed by atoms with van der Waals surface area (Å²) in [6, 6.07) is 5.88. The van der Waals surface area contributed by atoms with E-state index in [9.17, 15) is 13.6 Å². The Labute approximate surface area is 197 Å². The minimum atomic E-state index is -0.809. The lowest BCUT2D eigenvalue weighted by Gasteiger charge is -2.18. The lowest BCUT2D eigenvalue weighted by Crippen LogP contribution is -2.27. The molecule has 0 bridgehead atoms. The molecule has 1 aliphatic heterocycles. The van der Waals surface area contributed by atoms with Gasteiger partial charge in [-0.3, -0.25) is 9.36 Å². The maximum Gasteiger partial charge on any atom is 0.263 e. The second-order valence-corrected chi connectivity index (χ2v) is 8.02. The summed E-state index contributed by atoms with van der Waals surface area (Å²) < 4.78 is 35.4. The molecule has 1 fully saturated rings. The summed E-state index contributed by atoms with van der Waals surface area (Å²) >= 11 is 0. The quantitative estimate of drug-likeness (QED) is 0.451. The van der Waals surface area contributed by atoms with Crippen molar-refractivity contribution >= 4 is 11.5 Å². The molecule has 0 amide bonds. The Morgan fingerprint density at radius 2 is 2.26 bits per heavy atom. The van der Waals surface area contributed by atoms with E-state index in [0.29, 0.717) is 24.0 Å². The molecule has 178 valence electrons. The molecular formula is C25H27F2N5O2. The number of nitriles is 1. The fourth-order valence-corrected chi connectivity index (χ4v) is 3.78. The number of methoxy groups -OCH3 is 1. The zero-order valence-electron chi connectivity index (χ0n) is 19.4. The highest BCUT2D eigenvalue weighted by Crippen LogP contribution is 2.30. The second kappa shape index (κ2) is 10.9. The van der Waals surface area contributed by atoms with E-state index < -0.39 is 17.2 Å². The number of ether oxygens (including phenoxy) is 1. The molecule has 3 rings (SSSR count). The van der Waals surface area contributed by atoms with E-state index in [-0.39, 0.29) is 28.1 Å². The predicted octanol–water partition coefficient (Wildman–Crippen LogP) is 3.95. The van der Waals surface area contributed by atoms with Crippen LogP contribution in [0.1, 0.15) is 19.0 Å². The molecule has 0 radical (unpaired) electrons. The van der Waals surface area contributed by atoms with Crippen molar-refractivity contribution < 1.29 is 13.5 Å². The molecule has 2 N–H and O–H groups in total. The van der Waals surface area contributed by atoms with Gasteiger partial charge < -0.3 is 15.4 Å². The van der Waals surface area contributed by atoms with Gasteiger partial charge in [-0.2, -0.15) is 5.26 Å². The van der Waals surface area contributed by atoms with Crippen LogP contribution >= 0.6 is 0 Å². The Balaban J connectivity index is 2.18. The summed E-state index contributed by atoms with van der Waals surface area (Å²) in [6.45, 7) is 7.42. The van der Waals surface area contributed by atoms with Crippen LogP contribution in [0.25, 0.3) is 16.7 Å². The number of aromatic nitrogens is 2. The Bertz CT molecular complexity index is 1250. The Kier molecular flexibility index (Phi) is 7.97. The zero-order valence-corrected chi connectivity index (χ0v) is 19.4. The Hall–Kier alpha value is -3.77. The van der Waals surface area contributed by atoms with Crippen LogP contribution in [0.15, 0.2) is 53.1 Å². The molecule has 1 aliphatic rings. The van der Waals surface area contributed by atoms with Crippen molar-refractivity contribution in [1.82, 2.24) is 14.9 Å². The van der Waals surface area contributed by atoms with Crippen LogP contribution in [0.2, 0.25) is 0 Å². The molecule has 1 aromatic heterocycles. The first-order chi connectivity index (χ1) is 16.3. The van der Waals surface area contributed by atoms with Crippen LogP contribution in [0.5, 0.6) is 5.75 Å². The van der Waals surface area contributed by atoms with Gasteiger partial charge in [-0.25, -0.2) is 13.8 Å². The molecule has 0 saturated carbocycles. The number of hydrogen-bond acceptors (Lipinski definition) is 6. The van der Waals surface area contributed by atoms with Crippen molar-refractivity contribution in [2.75, 3.05) is 32.1 Å². The summed E-state index contributed by atoms with van der Waals surface area (Å²) in [5.41, 5.74) is 0.179. The molecule has 0 aliphatic carbocycles. The van der Waals surface area contributed by atoms with Crippen LogP contribution in [0.3, 0.4) is 0 Å². The van der Waals surface area contributed by atoms with Gasteiger partial charge in [0.25, 0.3) is 5.56 Å². The number of nitrogens with zero attached hydrogens (tertiary/aromatic N) is 3. The summed E-state index contributed by atoms with van der Waals surface area (Å²) in [5.74, 6) is -0.722. The van der Waals surface area contributed by atoms with Gasteiger partial charge in [0.05, 0.1) is 23.9 Å². The van der Waals surface area contributed by atoms with Gasteiger partial charge in [0.2, 0.25) is 5.95 Å². The third-order valence-electron chi connectivity index (χ3n) is 5.74. The number of benzene rings is 1. The molecule has 1 saturated heterocycles. The normalized spacial score (nSPS) is 16.6. The van der Waals surface area contributed by atoms with Gasteiger partial charge in [0.15, 0.2) is 11.6 Å². The number of allylic oxidation sites excluding steroid dienone is 5. The van der Waals surface area contributed by atoms with Gasteiger partial charge in [-0.05, 0) is 67.8 Å². The molecule has 0 spiro atoms. The van der Waals surface area contributed by atoms with E-state index >= 15 is 0 Å². The molecule has 7 nitrogen and oxygen atoms in total. The average Bonchev–Trinajstić information content (AvgIpc) is 3.34. The summed E-state index contributed by atoms with van der Waals surface area (Å²) in [6.07, 6.45) is 3.24. The van der Waals surface area contributed by atoms with E-state index in [4.69, 9.17) is 10.00 Å². The van der Waals surface area contributed by atoms with Gasteiger partial charge >= 0.3 is 0 Å². The largest absolute Gasteiger partial charge is 0.494 e. The third kappa shape index (κ3) is 5.24. The standard InChI is InChI=1S/C25H27F2N5O2/c1-5-17(12-28)19(26)10-15(2)23-22(18-6-7-21(34-4)20(27)11-18)24(33)32(3)25(31-23)30-14-16-8-9-29-13-16/h5-7,10-11,16,29H,1,8-9,13-14H2,2-4H3,(H,30,31)/b15-10+,19-17-. The van der Waals surface area contributed by atoms with Crippen molar-refractivity contribution in [1.29, 1.82) is 5.26 Å². The number of hydrogen-bond donors (Lipinski definition) is 2. The lowest BCUT2D eigenvalue weighted by molar-refractivity contribution is 0.386. The molecule has 1 unspecified atom stereocenters. The first-order valence-electron chi connectivity index (χ1n) is 10.8. The topological polar surface area (TPSA) is 92.0 Å². The minimum Gasteiger partial charge on any atom is -0.494 e. The SMILES string of the molecule is C=C/C(C#N)=C(F)\C=C(/C)c1nc(NCC2CCNC2)n(C)c(=O)c1-c1ccc(OC)c(F)c1. The summed E-state index contributed by atoms with van der Waals surface area (Å²) in [5, 5.41) is 15.6. The van der Waals surface area contributed by atoms with E-state index in [0.717, 1.165) is 31.7 Å². The highest BCUT2D eigenvalue weighted by molar-refractivity contribution is 5.80. The fraction of sp³-hybridized carbons (Fsp3) is 0.320. The molecular weight excluding hydrogens is 440 g/mol. The summed E-state index contributed by atoms with van der Waals surface area (Å²) in [4.78, 5) is 18.0. The van der Waals surface area contributed by atoms with Gasteiger partial charge in [0.1, 0.15) is 11.9 Å². The minimum absolute atomic E-state index is 0.0319. The summed E-state index contributed by atoms with van der Waals surface area (Å²) in [7, 11) is 2.92. The van der Waals surface area contributed by atoms with Crippen molar-refractivity contribution in [3.05, 3.63) is 70.2 Å². The second-order valence-electron chi connectivity index (χ2n) is 8.02. The predicted molar refractivity (Wildman–Crippen MR) is 128 cm³/mol. The van der Waals surface area contributed by atoms with E-state index in [1.54, 1.807) is 26.1 Å². The van der Waals surface area contributed by atoms with E-state index in [1.165, 1.54) is 23.8 Å². The van der Waals surface area contributed by atoms with Crippen molar-refractivity contribution in [3.8, 4) is 22.9 Å². The Morgan fingerprint density at radius 3 is 2.85 bits per heavy atom. The first-order valence-corrected chi connectivity index (χ1v) is 10.8.